The molecule has 8 heteroatoms. The van der Waals surface area contributed by atoms with Crippen LogP contribution in [0.1, 0.15) is 25.5 Å². The largest absolute Gasteiger partial charge is 0.368 e. The van der Waals surface area contributed by atoms with E-state index < -0.39 is 0 Å². The maximum atomic E-state index is 12.6. The SMILES string of the molecule is CC(C)c1cc(=O)n(CC(=O)N2CCN(c3ccc(Cl)c(Cl)c3)CC2)cn1. The summed E-state index contributed by atoms with van der Waals surface area (Å²) in [7, 11) is 0. The lowest BCUT2D eigenvalue weighted by molar-refractivity contribution is -0.132. The van der Waals surface area contributed by atoms with Gasteiger partial charge in [0.1, 0.15) is 6.54 Å². The summed E-state index contributed by atoms with van der Waals surface area (Å²) in [5.74, 6) is 0.0995. The zero-order chi connectivity index (χ0) is 19.6. The van der Waals surface area contributed by atoms with Crippen molar-refractivity contribution in [2.75, 3.05) is 31.1 Å². The second-order valence-electron chi connectivity index (χ2n) is 6.90. The van der Waals surface area contributed by atoms with Crippen molar-refractivity contribution in [2.45, 2.75) is 26.3 Å². The van der Waals surface area contributed by atoms with Crippen molar-refractivity contribution in [3.63, 3.8) is 0 Å². The van der Waals surface area contributed by atoms with Crippen LogP contribution in [0.2, 0.25) is 10.0 Å². The molecule has 3 rings (SSSR count). The molecule has 0 N–H and O–H groups in total. The summed E-state index contributed by atoms with van der Waals surface area (Å²) < 4.78 is 1.36. The van der Waals surface area contributed by atoms with Crippen molar-refractivity contribution in [3.05, 3.63) is 56.7 Å². The minimum absolute atomic E-state index is 0.0109. The van der Waals surface area contributed by atoms with Gasteiger partial charge in [-0.1, -0.05) is 37.0 Å². The Balaban J connectivity index is 1.60. The van der Waals surface area contributed by atoms with Gasteiger partial charge >= 0.3 is 0 Å². The summed E-state index contributed by atoms with van der Waals surface area (Å²) >= 11 is 12.1. The summed E-state index contributed by atoms with van der Waals surface area (Å²) in [5.41, 5.74) is 1.52. The van der Waals surface area contributed by atoms with Gasteiger partial charge in [0.25, 0.3) is 5.56 Å². The van der Waals surface area contributed by atoms with E-state index in [0.29, 0.717) is 36.2 Å². The number of carbonyl (C=O) groups excluding carboxylic acids is 1. The summed E-state index contributed by atoms with van der Waals surface area (Å²) in [6.45, 7) is 6.54. The minimum Gasteiger partial charge on any atom is -0.368 e. The van der Waals surface area contributed by atoms with Gasteiger partial charge in [-0.25, -0.2) is 4.98 Å². The summed E-state index contributed by atoms with van der Waals surface area (Å²) in [6.07, 6.45) is 1.46. The van der Waals surface area contributed by atoms with Crippen LogP contribution < -0.4 is 10.5 Å². The minimum atomic E-state index is -0.198. The third-order valence-corrected chi connectivity index (χ3v) is 5.44. The fourth-order valence-electron chi connectivity index (χ4n) is 3.02. The number of benzene rings is 1. The van der Waals surface area contributed by atoms with Gasteiger partial charge in [-0.2, -0.15) is 0 Å². The van der Waals surface area contributed by atoms with E-state index in [1.165, 1.54) is 17.0 Å². The Kier molecular flexibility index (Phi) is 6.07. The van der Waals surface area contributed by atoms with Crippen molar-refractivity contribution in [1.29, 1.82) is 0 Å². The van der Waals surface area contributed by atoms with E-state index in [1.54, 1.807) is 11.0 Å². The predicted molar refractivity (Wildman–Crippen MR) is 108 cm³/mol. The van der Waals surface area contributed by atoms with Gasteiger partial charge in [-0.15, -0.1) is 0 Å². The second kappa shape index (κ2) is 8.31. The number of rotatable bonds is 4. The number of hydrogen-bond acceptors (Lipinski definition) is 4. The summed E-state index contributed by atoms with van der Waals surface area (Å²) in [6, 6.07) is 7.03. The Morgan fingerprint density at radius 3 is 2.41 bits per heavy atom. The van der Waals surface area contributed by atoms with Crippen LogP contribution in [-0.2, 0) is 11.3 Å². The van der Waals surface area contributed by atoms with Gasteiger partial charge in [0, 0.05) is 37.9 Å². The maximum absolute atomic E-state index is 12.6. The number of nitrogens with zero attached hydrogens (tertiary/aromatic N) is 4. The molecule has 27 heavy (non-hydrogen) atoms. The van der Waals surface area contributed by atoms with Gasteiger partial charge < -0.3 is 9.80 Å². The number of amides is 1. The van der Waals surface area contributed by atoms with Crippen LogP contribution in [0.25, 0.3) is 0 Å². The topological polar surface area (TPSA) is 58.4 Å². The first-order chi connectivity index (χ1) is 12.8. The van der Waals surface area contributed by atoms with E-state index in [4.69, 9.17) is 23.2 Å². The molecule has 0 bridgehead atoms. The smallest absolute Gasteiger partial charge is 0.254 e. The molecule has 1 amide bonds. The van der Waals surface area contributed by atoms with Crippen molar-refractivity contribution >= 4 is 34.8 Å². The van der Waals surface area contributed by atoms with Crippen LogP contribution in [0.3, 0.4) is 0 Å². The molecule has 1 aromatic heterocycles. The molecule has 1 fully saturated rings. The van der Waals surface area contributed by atoms with Gasteiger partial charge in [0.15, 0.2) is 0 Å². The van der Waals surface area contributed by atoms with Crippen LogP contribution in [0.15, 0.2) is 35.4 Å². The molecule has 0 spiro atoms. The number of anilines is 1. The Hall–Kier alpha value is -2.05. The van der Waals surface area contributed by atoms with E-state index in [1.807, 2.05) is 26.0 Å². The molecule has 0 atom stereocenters. The quantitative estimate of drug-likeness (QED) is 0.779. The van der Waals surface area contributed by atoms with Crippen LogP contribution in [0.5, 0.6) is 0 Å². The lowest BCUT2D eigenvalue weighted by Gasteiger charge is -2.36. The maximum Gasteiger partial charge on any atom is 0.254 e. The van der Waals surface area contributed by atoms with Crippen molar-refractivity contribution in [2.24, 2.45) is 0 Å². The highest BCUT2D eigenvalue weighted by atomic mass is 35.5. The van der Waals surface area contributed by atoms with Crippen LogP contribution in [-0.4, -0.2) is 46.5 Å². The van der Waals surface area contributed by atoms with E-state index in [-0.39, 0.29) is 23.9 Å². The number of halogens is 2. The average Bonchev–Trinajstić information content (AvgIpc) is 2.65. The monoisotopic (exact) mass is 408 g/mol. The molecule has 1 aliphatic heterocycles. The molecule has 1 aromatic carbocycles. The summed E-state index contributed by atoms with van der Waals surface area (Å²) in [5, 5.41) is 1.04. The van der Waals surface area contributed by atoms with Gasteiger partial charge in [-0.3, -0.25) is 14.2 Å². The Morgan fingerprint density at radius 1 is 1.11 bits per heavy atom. The first-order valence-corrected chi connectivity index (χ1v) is 9.65. The summed E-state index contributed by atoms with van der Waals surface area (Å²) in [4.78, 5) is 32.9. The first-order valence-electron chi connectivity index (χ1n) is 8.89. The fraction of sp³-hybridized carbons (Fsp3) is 0.421. The normalized spacial score (nSPS) is 14.7. The van der Waals surface area contributed by atoms with E-state index in [9.17, 15) is 9.59 Å². The molecule has 0 aliphatic carbocycles. The van der Waals surface area contributed by atoms with Crippen LogP contribution in [0, 0.1) is 0 Å². The van der Waals surface area contributed by atoms with E-state index in [2.05, 4.69) is 9.88 Å². The highest BCUT2D eigenvalue weighted by Crippen LogP contribution is 2.27. The standard InChI is InChI=1S/C19H22Cl2N4O2/c1-13(2)17-10-18(26)25(12-22-17)11-19(27)24-7-5-23(6-8-24)14-3-4-15(20)16(21)9-14/h3-4,9-10,12-13H,5-8,11H2,1-2H3. The van der Waals surface area contributed by atoms with Gasteiger partial charge in [-0.05, 0) is 24.1 Å². The zero-order valence-electron chi connectivity index (χ0n) is 15.4. The molecule has 2 aromatic rings. The van der Waals surface area contributed by atoms with Crippen molar-refractivity contribution < 1.29 is 4.79 Å². The number of hydrogen-bond donors (Lipinski definition) is 0. The molecular weight excluding hydrogens is 387 g/mol. The molecule has 2 heterocycles. The lowest BCUT2D eigenvalue weighted by atomic mass is 10.1. The molecule has 0 radical (unpaired) electrons. The number of carbonyl (C=O) groups is 1. The molecule has 0 saturated carbocycles. The Labute approximate surface area is 168 Å². The third-order valence-electron chi connectivity index (χ3n) is 4.70. The predicted octanol–water partition coefficient (Wildman–Crippen LogP) is 3.02. The molecule has 6 nitrogen and oxygen atoms in total. The lowest BCUT2D eigenvalue weighted by Crippen LogP contribution is -2.50. The molecule has 0 unspecified atom stereocenters. The van der Waals surface area contributed by atoms with Crippen molar-refractivity contribution in [3.8, 4) is 0 Å². The van der Waals surface area contributed by atoms with Crippen LogP contribution >= 0.6 is 23.2 Å². The highest BCUT2D eigenvalue weighted by molar-refractivity contribution is 6.42. The van der Waals surface area contributed by atoms with Crippen molar-refractivity contribution in [1.82, 2.24) is 14.5 Å². The van der Waals surface area contributed by atoms with Crippen LogP contribution in [0.4, 0.5) is 5.69 Å². The Bertz CT molecular complexity index is 890. The van der Waals surface area contributed by atoms with E-state index >= 15 is 0 Å². The van der Waals surface area contributed by atoms with Gasteiger partial charge in [0.05, 0.1) is 22.1 Å². The molecule has 1 saturated heterocycles. The molecule has 1 aliphatic rings. The Morgan fingerprint density at radius 2 is 1.81 bits per heavy atom. The first kappa shape index (κ1) is 19.7. The number of aromatic nitrogens is 2. The second-order valence-corrected chi connectivity index (χ2v) is 7.72. The molecule has 144 valence electrons. The van der Waals surface area contributed by atoms with Gasteiger partial charge in [0.2, 0.25) is 5.91 Å². The zero-order valence-corrected chi connectivity index (χ0v) is 16.9. The highest BCUT2D eigenvalue weighted by Gasteiger charge is 2.22. The number of piperazine rings is 1. The average molecular weight is 409 g/mol. The fourth-order valence-corrected chi connectivity index (χ4v) is 3.31. The molecular formula is C19H22Cl2N4O2. The van der Waals surface area contributed by atoms with E-state index in [0.717, 1.165) is 11.4 Å². The third kappa shape index (κ3) is 4.62.